The van der Waals surface area contributed by atoms with Gasteiger partial charge in [0.25, 0.3) is 0 Å². The second kappa shape index (κ2) is 3.39. The van der Waals surface area contributed by atoms with E-state index >= 15 is 0 Å². The standard InChI is InChI=1S/C10H10BrFO/c11-7-1-2-10(12)9(4-7)8-3-6(8)5-13/h1-2,4,6,8,13H,3,5H2/t6-,8?/m0/s1. The summed E-state index contributed by atoms with van der Waals surface area (Å²) in [6.45, 7) is 0.163. The minimum Gasteiger partial charge on any atom is -0.396 e. The number of hydrogen-bond acceptors (Lipinski definition) is 1. The molecule has 1 nitrogen and oxygen atoms in total. The van der Waals surface area contributed by atoms with Crippen LogP contribution >= 0.6 is 15.9 Å². The summed E-state index contributed by atoms with van der Waals surface area (Å²) in [6, 6.07) is 4.96. The van der Waals surface area contributed by atoms with Gasteiger partial charge in [0, 0.05) is 11.1 Å². The van der Waals surface area contributed by atoms with E-state index < -0.39 is 0 Å². The maximum atomic E-state index is 13.3. The summed E-state index contributed by atoms with van der Waals surface area (Å²) in [7, 11) is 0. The number of rotatable bonds is 2. The Hall–Kier alpha value is -0.410. The summed E-state index contributed by atoms with van der Waals surface area (Å²) >= 11 is 3.31. The van der Waals surface area contributed by atoms with Crippen LogP contribution in [0.4, 0.5) is 4.39 Å². The molecule has 0 radical (unpaired) electrons. The Morgan fingerprint density at radius 3 is 2.92 bits per heavy atom. The van der Waals surface area contributed by atoms with E-state index in [-0.39, 0.29) is 24.3 Å². The van der Waals surface area contributed by atoms with Crippen LogP contribution in [0.1, 0.15) is 17.9 Å². The average Bonchev–Trinajstić information content (AvgIpc) is 2.88. The number of halogens is 2. The van der Waals surface area contributed by atoms with E-state index in [1.807, 2.05) is 0 Å². The molecule has 3 heteroatoms. The first kappa shape index (κ1) is 9.16. The molecule has 0 heterocycles. The van der Waals surface area contributed by atoms with E-state index in [1.54, 1.807) is 12.1 Å². The summed E-state index contributed by atoms with van der Waals surface area (Å²) in [5, 5.41) is 8.86. The summed E-state index contributed by atoms with van der Waals surface area (Å²) in [4.78, 5) is 0. The molecule has 0 aromatic heterocycles. The topological polar surface area (TPSA) is 20.2 Å². The number of aliphatic hydroxyl groups is 1. The van der Waals surface area contributed by atoms with Crippen LogP contribution in [0.2, 0.25) is 0 Å². The summed E-state index contributed by atoms with van der Waals surface area (Å²) in [5.41, 5.74) is 0.730. The van der Waals surface area contributed by atoms with Crippen LogP contribution in [0.3, 0.4) is 0 Å². The first-order valence-electron chi connectivity index (χ1n) is 4.28. The summed E-state index contributed by atoms with van der Waals surface area (Å²) in [6.07, 6.45) is 0.907. The van der Waals surface area contributed by atoms with E-state index in [2.05, 4.69) is 15.9 Å². The molecule has 70 valence electrons. The van der Waals surface area contributed by atoms with Crippen molar-refractivity contribution in [1.82, 2.24) is 0 Å². The van der Waals surface area contributed by atoms with Gasteiger partial charge in [-0.15, -0.1) is 0 Å². The predicted octanol–water partition coefficient (Wildman–Crippen LogP) is 2.68. The molecule has 1 aromatic rings. The van der Waals surface area contributed by atoms with Crippen LogP contribution < -0.4 is 0 Å². The fourth-order valence-electron chi connectivity index (χ4n) is 1.63. The van der Waals surface area contributed by atoms with Crippen molar-refractivity contribution in [3.05, 3.63) is 34.1 Å². The third-order valence-electron chi connectivity index (χ3n) is 2.51. The minimum atomic E-state index is -0.163. The molecule has 1 aromatic carbocycles. The third kappa shape index (κ3) is 1.76. The number of hydrogen-bond donors (Lipinski definition) is 1. The first-order chi connectivity index (χ1) is 6.22. The molecule has 0 bridgehead atoms. The molecule has 13 heavy (non-hydrogen) atoms. The van der Waals surface area contributed by atoms with Crippen LogP contribution in [0.15, 0.2) is 22.7 Å². The normalized spacial score (nSPS) is 26.1. The van der Waals surface area contributed by atoms with Gasteiger partial charge in [-0.25, -0.2) is 4.39 Å². The molecule has 1 N–H and O–H groups in total. The van der Waals surface area contributed by atoms with Gasteiger partial charge >= 0.3 is 0 Å². The SMILES string of the molecule is OC[C@@H]1CC1c1cc(Br)ccc1F. The van der Waals surface area contributed by atoms with Gasteiger partial charge in [-0.1, -0.05) is 15.9 Å². The Kier molecular flexibility index (Phi) is 2.39. The van der Waals surface area contributed by atoms with E-state index in [1.165, 1.54) is 6.07 Å². The van der Waals surface area contributed by atoms with Crippen molar-refractivity contribution >= 4 is 15.9 Å². The maximum absolute atomic E-state index is 13.3. The Bertz CT molecular complexity index is 327. The average molecular weight is 245 g/mol. The van der Waals surface area contributed by atoms with E-state index in [9.17, 15) is 4.39 Å². The Morgan fingerprint density at radius 1 is 1.54 bits per heavy atom. The van der Waals surface area contributed by atoms with Gasteiger partial charge in [0.1, 0.15) is 5.82 Å². The van der Waals surface area contributed by atoms with Crippen molar-refractivity contribution in [2.75, 3.05) is 6.61 Å². The lowest BCUT2D eigenvalue weighted by Crippen LogP contribution is -1.92. The van der Waals surface area contributed by atoms with E-state index in [0.29, 0.717) is 0 Å². The zero-order valence-electron chi connectivity index (χ0n) is 7.00. The predicted molar refractivity (Wildman–Crippen MR) is 52.0 cm³/mol. The lowest BCUT2D eigenvalue weighted by atomic mass is 10.1. The molecule has 1 fully saturated rings. The van der Waals surface area contributed by atoms with Gasteiger partial charge in [0.15, 0.2) is 0 Å². The van der Waals surface area contributed by atoms with E-state index in [4.69, 9.17) is 5.11 Å². The lowest BCUT2D eigenvalue weighted by molar-refractivity contribution is 0.273. The van der Waals surface area contributed by atoms with Gasteiger partial charge in [-0.05, 0) is 42.0 Å². The van der Waals surface area contributed by atoms with Crippen molar-refractivity contribution in [1.29, 1.82) is 0 Å². The monoisotopic (exact) mass is 244 g/mol. The second-order valence-electron chi connectivity index (χ2n) is 3.45. The van der Waals surface area contributed by atoms with Crippen molar-refractivity contribution in [2.24, 2.45) is 5.92 Å². The Labute approximate surface area is 84.7 Å². The molecule has 1 unspecified atom stereocenters. The van der Waals surface area contributed by atoms with Crippen molar-refractivity contribution in [3.8, 4) is 0 Å². The minimum absolute atomic E-state index is 0.163. The fraction of sp³-hybridized carbons (Fsp3) is 0.400. The highest BCUT2D eigenvalue weighted by Gasteiger charge is 2.39. The molecule has 2 rings (SSSR count). The number of aliphatic hydroxyl groups excluding tert-OH is 1. The highest BCUT2D eigenvalue weighted by molar-refractivity contribution is 9.10. The van der Waals surface area contributed by atoms with Crippen LogP contribution in [0.5, 0.6) is 0 Å². The summed E-state index contributed by atoms with van der Waals surface area (Å²) in [5.74, 6) is 0.329. The molecule has 2 atom stereocenters. The van der Waals surface area contributed by atoms with Gasteiger partial charge < -0.3 is 5.11 Å². The lowest BCUT2D eigenvalue weighted by Gasteiger charge is -2.01. The zero-order chi connectivity index (χ0) is 9.42. The van der Waals surface area contributed by atoms with Crippen LogP contribution in [-0.2, 0) is 0 Å². The highest BCUT2D eigenvalue weighted by atomic mass is 79.9. The van der Waals surface area contributed by atoms with Gasteiger partial charge in [-0.2, -0.15) is 0 Å². The molecule has 0 spiro atoms. The quantitative estimate of drug-likeness (QED) is 0.849. The number of benzene rings is 1. The second-order valence-corrected chi connectivity index (χ2v) is 4.37. The smallest absolute Gasteiger partial charge is 0.126 e. The van der Waals surface area contributed by atoms with Crippen molar-refractivity contribution in [2.45, 2.75) is 12.3 Å². The Balaban J connectivity index is 2.25. The van der Waals surface area contributed by atoms with Crippen molar-refractivity contribution in [3.63, 3.8) is 0 Å². The molecule has 0 saturated heterocycles. The third-order valence-corrected chi connectivity index (χ3v) is 3.01. The van der Waals surface area contributed by atoms with Crippen LogP contribution in [0.25, 0.3) is 0 Å². The van der Waals surface area contributed by atoms with Gasteiger partial charge in [0.2, 0.25) is 0 Å². The zero-order valence-corrected chi connectivity index (χ0v) is 8.59. The van der Waals surface area contributed by atoms with Crippen LogP contribution in [-0.4, -0.2) is 11.7 Å². The summed E-state index contributed by atoms with van der Waals surface area (Å²) < 4.78 is 14.2. The molecular formula is C10H10BrFO. The highest BCUT2D eigenvalue weighted by Crippen LogP contribution is 2.48. The first-order valence-corrected chi connectivity index (χ1v) is 5.07. The van der Waals surface area contributed by atoms with Gasteiger partial charge in [0.05, 0.1) is 0 Å². The molecule has 1 aliphatic rings. The molecular weight excluding hydrogens is 235 g/mol. The molecule has 1 aliphatic carbocycles. The van der Waals surface area contributed by atoms with E-state index in [0.717, 1.165) is 16.5 Å². The van der Waals surface area contributed by atoms with Crippen molar-refractivity contribution < 1.29 is 9.50 Å². The molecule has 0 amide bonds. The maximum Gasteiger partial charge on any atom is 0.126 e. The fourth-order valence-corrected chi connectivity index (χ4v) is 2.01. The molecule has 0 aliphatic heterocycles. The van der Waals surface area contributed by atoms with Crippen LogP contribution in [0, 0.1) is 11.7 Å². The Morgan fingerprint density at radius 2 is 2.31 bits per heavy atom. The molecule has 1 saturated carbocycles. The largest absolute Gasteiger partial charge is 0.396 e. The van der Waals surface area contributed by atoms with Gasteiger partial charge in [-0.3, -0.25) is 0 Å².